The maximum Gasteiger partial charge on any atom is 0.325 e. The Labute approximate surface area is 111 Å². The van der Waals surface area contributed by atoms with Crippen LogP contribution in [0.1, 0.15) is 40.0 Å². The van der Waals surface area contributed by atoms with E-state index in [1.165, 1.54) is 25.9 Å². The number of nitrogens with one attached hydrogen (secondary N) is 1. The highest BCUT2D eigenvalue weighted by Crippen LogP contribution is 2.19. The zero-order chi connectivity index (χ0) is 13.6. The molecule has 1 fully saturated rings. The van der Waals surface area contributed by atoms with Crippen LogP contribution in [0.5, 0.6) is 0 Å². The molecule has 18 heavy (non-hydrogen) atoms. The van der Waals surface area contributed by atoms with Crippen molar-refractivity contribution in [1.82, 2.24) is 10.2 Å². The third-order valence-electron chi connectivity index (χ3n) is 3.74. The summed E-state index contributed by atoms with van der Waals surface area (Å²) in [7, 11) is 2.18. The molecular weight excluding hydrogens is 228 g/mol. The van der Waals surface area contributed by atoms with Crippen LogP contribution in [0.15, 0.2) is 0 Å². The first-order valence-electron chi connectivity index (χ1n) is 7.06. The summed E-state index contributed by atoms with van der Waals surface area (Å²) in [5.74, 6) is 0.639. The third kappa shape index (κ3) is 4.94. The Morgan fingerprint density at radius 2 is 2.00 bits per heavy atom. The fourth-order valence-corrected chi connectivity index (χ4v) is 2.32. The van der Waals surface area contributed by atoms with E-state index < -0.39 is 5.54 Å². The monoisotopic (exact) mass is 256 g/mol. The first kappa shape index (κ1) is 15.4. The Morgan fingerprint density at radius 1 is 1.39 bits per heavy atom. The number of piperidine rings is 1. The molecule has 0 spiro atoms. The van der Waals surface area contributed by atoms with Crippen LogP contribution >= 0.6 is 0 Å². The second kappa shape index (κ2) is 7.10. The molecular formula is C14H28N2O2. The van der Waals surface area contributed by atoms with Gasteiger partial charge in [0.15, 0.2) is 0 Å². The van der Waals surface area contributed by atoms with Gasteiger partial charge >= 0.3 is 5.97 Å². The highest BCUT2D eigenvalue weighted by Gasteiger charge is 2.28. The number of hydrogen-bond donors (Lipinski definition) is 1. The summed E-state index contributed by atoms with van der Waals surface area (Å²) >= 11 is 0. The molecule has 0 bridgehead atoms. The zero-order valence-electron chi connectivity index (χ0n) is 12.3. The van der Waals surface area contributed by atoms with Crippen LogP contribution < -0.4 is 5.32 Å². The number of esters is 1. The molecule has 0 radical (unpaired) electrons. The lowest BCUT2D eigenvalue weighted by atomic mass is 9.93. The summed E-state index contributed by atoms with van der Waals surface area (Å²) in [5.41, 5.74) is -0.568. The summed E-state index contributed by atoms with van der Waals surface area (Å²) < 4.78 is 5.06. The fraction of sp³-hybridized carbons (Fsp3) is 0.929. The van der Waals surface area contributed by atoms with Gasteiger partial charge in [-0.3, -0.25) is 4.79 Å². The van der Waals surface area contributed by atoms with Gasteiger partial charge in [0.05, 0.1) is 6.61 Å². The van der Waals surface area contributed by atoms with Gasteiger partial charge in [-0.05, 0) is 72.6 Å². The predicted octanol–water partition coefficient (Wildman–Crippen LogP) is 1.65. The minimum atomic E-state index is -0.568. The molecule has 1 rings (SSSR count). The zero-order valence-corrected chi connectivity index (χ0v) is 12.3. The van der Waals surface area contributed by atoms with E-state index in [0.29, 0.717) is 6.61 Å². The Kier molecular flexibility index (Phi) is 6.09. The van der Waals surface area contributed by atoms with Crippen molar-refractivity contribution in [3.05, 3.63) is 0 Å². The van der Waals surface area contributed by atoms with Crippen LogP contribution in [0.3, 0.4) is 0 Å². The average molecular weight is 256 g/mol. The van der Waals surface area contributed by atoms with E-state index in [0.717, 1.165) is 18.9 Å². The highest BCUT2D eigenvalue weighted by molar-refractivity contribution is 5.79. The van der Waals surface area contributed by atoms with Crippen LogP contribution in [0.25, 0.3) is 0 Å². The Bertz CT molecular complexity index is 259. The van der Waals surface area contributed by atoms with Crippen molar-refractivity contribution in [2.45, 2.75) is 45.6 Å². The van der Waals surface area contributed by atoms with Crippen molar-refractivity contribution < 1.29 is 9.53 Å². The molecule has 1 saturated heterocycles. The first-order chi connectivity index (χ1) is 8.45. The standard InChI is InChI=1S/C14H28N2O2/c1-5-18-13(17)14(2,3)15-9-6-12-7-10-16(4)11-8-12/h12,15H,5-11H2,1-4H3. The van der Waals surface area contributed by atoms with Gasteiger partial charge in [-0.15, -0.1) is 0 Å². The lowest BCUT2D eigenvalue weighted by molar-refractivity contribution is -0.149. The minimum Gasteiger partial charge on any atom is -0.465 e. The van der Waals surface area contributed by atoms with Gasteiger partial charge in [-0.1, -0.05) is 0 Å². The predicted molar refractivity (Wildman–Crippen MR) is 73.6 cm³/mol. The van der Waals surface area contributed by atoms with E-state index in [2.05, 4.69) is 17.3 Å². The summed E-state index contributed by atoms with van der Waals surface area (Å²) in [6.45, 7) is 9.35. The average Bonchev–Trinajstić information content (AvgIpc) is 2.32. The largest absolute Gasteiger partial charge is 0.465 e. The number of carbonyl (C=O) groups excluding carboxylic acids is 1. The molecule has 0 aromatic rings. The quantitative estimate of drug-likeness (QED) is 0.734. The molecule has 0 atom stereocenters. The van der Waals surface area contributed by atoms with Crippen molar-refractivity contribution in [3.8, 4) is 0 Å². The van der Waals surface area contributed by atoms with Crippen molar-refractivity contribution in [2.75, 3.05) is 33.3 Å². The van der Waals surface area contributed by atoms with Gasteiger partial charge in [-0.2, -0.15) is 0 Å². The summed E-state index contributed by atoms with van der Waals surface area (Å²) in [4.78, 5) is 14.1. The molecule has 0 saturated carbocycles. The lowest BCUT2D eigenvalue weighted by Crippen LogP contribution is -2.48. The number of likely N-dealkylation sites (tertiary alicyclic amines) is 1. The maximum absolute atomic E-state index is 11.7. The van der Waals surface area contributed by atoms with Gasteiger partial charge in [-0.25, -0.2) is 0 Å². The topological polar surface area (TPSA) is 41.6 Å². The number of carbonyl (C=O) groups is 1. The Morgan fingerprint density at radius 3 is 2.56 bits per heavy atom. The van der Waals surface area contributed by atoms with Gasteiger partial charge in [0.25, 0.3) is 0 Å². The number of nitrogens with zero attached hydrogens (tertiary/aromatic N) is 1. The molecule has 0 aromatic heterocycles. The smallest absolute Gasteiger partial charge is 0.325 e. The molecule has 0 aliphatic carbocycles. The van der Waals surface area contributed by atoms with E-state index >= 15 is 0 Å². The van der Waals surface area contributed by atoms with Crippen LogP contribution in [-0.2, 0) is 9.53 Å². The van der Waals surface area contributed by atoms with E-state index in [1.54, 1.807) is 0 Å². The van der Waals surface area contributed by atoms with E-state index in [4.69, 9.17) is 4.74 Å². The Hall–Kier alpha value is -0.610. The van der Waals surface area contributed by atoms with E-state index in [1.807, 2.05) is 20.8 Å². The van der Waals surface area contributed by atoms with Gasteiger partial charge in [0.1, 0.15) is 5.54 Å². The minimum absolute atomic E-state index is 0.159. The van der Waals surface area contributed by atoms with E-state index in [9.17, 15) is 4.79 Å². The first-order valence-corrected chi connectivity index (χ1v) is 7.06. The summed E-state index contributed by atoms with van der Waals surface area (Å²) in [6.07, 6.45) is 3.70. The lowest BCUT2D eigenvalue weighted by Gasteiger charge is -2.30. The van der Waals surface area contributed by atoms with Gasteiger partial charge in [0.2, 0.25) is 0 Å². The van der Waals surface area contributed by atoms with Crippen LogP contribution in [0, 0.1) is 5.92 Å². The normalized spacial score (nSPS) is 18.9. The van der Waals surface area contributed by atoms with Crippen molar-refractivity contribution in [1.29, 1.82) is 0 Å². The molecule has 0 amide bonds. The molecule has 1 heterocycles. The van der Waals surface area contributed by atoms with Crippen molar-refractivity contribution in [2.24, 2.45) is 5.92 Å². The summed E-state index contributed by atoms with van der Waals surface area (Å²) in [5, 5.41) is 3.31. The second-order valence-electron chi connectivity index (χ2n) is 5.81. The van der Waals surface area contributed by atoms with Crippen LogP contribution in [0.4, 0.5) is 0 Å². The summed E-state index contributed by atoms with van der Waals surface area (Å²) in [6, 6.07) is 0. The second-order valence-corrected chi connectivity index (χ2v) is 5.81. The molecule has 1 aliphatic rings. The van der Waals surface area contributed by atoms with Crippen LogP contribution in [-0.4, -0.2) is 49.7 Å². The molecule has 106 valence electrons. The molecule has 4 nitrogen and oxygen atoms in total. The third-order valence-corrected chi connectivity index (χ3v) is 3.74. The molecule has 0 aromatic carbocycles. The highest BCUT2D eigenvalue weighted by atomic mass is 16.5. The number of hydrogen-bond acceptors (Lipinski definition) is 4. The van der Waals surface area contributed by atoms with Crippen molar-refractivity contribution in [3.63, 3.8) is 0 Å². The van der Waals surface area contributed by atoms with Crippen molar-refractivity contribution >= 4 is 5.97 Å². The number of rotatable bonds is 6. The maximum atomic E-state index is 11.7. The SMILES string of the molecule is CCOC(=O)C(C)(C)NCCC1CCN(C)CC1. The van der Waals surface area contributed by atoms with Crippen LogP contribution in [0.2, 0.25) is 0 Å². The van der Waals surface area contributed by atoms with Gasteiger partial charge < -0.3 is 15.0 Å². The molecule has 1 aliphatic heterocycles. The Balaban J connectivity index is 2.22. The molecule has 0 unspecified atom stereocenters. The molecule has 4 heteroatoms. The van der Waals surface area contributed by atoms with Gasteiger partial charge in [0, 0.05) is 0 Å². The fourth-order valence-electron chi connectivity index (χ4n) is 2.32. The number of ether oxygens (including phenoxy) is 1. The van der Waals surface area contributed by atoms with E-state index in [-0.39, 0.29) is 5.97 Å². The molecule has 1 N–H and O–H groups in total.